The van der Waals surface area contributed by atoms with Gasteiger partial charge in [-0.2, -0.15) is 0 Å². The molecule has 4 nitrogen and oxygen atoms in total. The van der Waals surface area contributed by atoms with Crippen molar-refractivity contribution < 1.29 is 14.3 Å². The second kappa shape index (κ2) is 5.78. The molecule has 1 fully saturated rings. The van der Waals surface area contributed by atoms with Crippen molar-refractivity contribution in [1.29, 1.82) is 0 Å². The highest BCUT2D eigenvalue weighted by atomic mass is 16.5. The van der Waals surface area contributed by atoms with Gasteiger partial charge in [0.15, 0.2) is 5.78 Å². The molecule has 0 aliphatic carbocycles. The molecule has 0 N–H and O–H groups in total. The number of carbonyl (C=O) groups is 1. The Morgan fingerprint density at radius 3 is 3.11 bits per heavy atom. The quantitative estimate of drug-likeness (QED) is 0.749. The number of ether oxygens (including phenoxy) is 2. The van der Waals surface area contributed by atoms with Gasteiger partial charge in [-0.3, -0.25) is 4.79 Å². The van der Waals surface area contributed by atoms with Crippen molar-refractivity contribution in [2.75, 3.05) is 13.7 Å². The number of rotatable bonds is 5. The van der Waals surface area contributed by atoms with Crippen molar-refractivity contribution in [3.05, 3.63) is 36.5 Å². The van der Waals surface area contributed by atoms with E-state index in [0.717, 1.165) is 12.0 Å². The van der Waals surface area contributed by atoms with Gasteiger partial charge in [-0.05, 0) is 30.0 Å². The van der Waals surface area contributed by atoms with Gasteiger partial charge in [-0.1, -0.05) is 6.58 Å². The maximum absolute atomic E-state index is 11.4. The number of methoxy groups -OCH3 is 1. The molecule has 0 spiro atoms. The summed E-state index contributed by atoms with van der Waals surface area (Å²) < 4.78 is 10.7. The number of pyridine rings is 1. The first-order valence-electron chi connectivity index (χ1n) is 6.01. The van der Waals surface area contributed by atoms with Gasteiger partial charge < -0.3 is 9.47 Å². The zero-order valence-corrected chi connectivity index (χ0v) is 10.5. The second-order valence-electron chi connectivity index (χ2n) is 4.35. The van der Waals surface area contributed by atoms with Crippen LogP contribution in [0.3, 0.4) is 0 Å². The summed E-state index contributed by atoms with van der Waals surface area (Å²) in [5.74, 6) is 0.859. The Labute approximate surface area is 107 Å². The molecule has 1 aliphatic rings. The van der Waals surface area contributed by atoms with E-state index >= 15 is 0 Å². The van der Waals surface area contributed by atoms with E-state index in [1.54, 1.807) is 13.3 Å². The Morgan fingerprint density at radius 2 is 2.50 bits per heavy atom. The third-order valence-corrected chi connectivity index (χ3v) is 3.20. The molecule has 4 heteroatoms. The number of allylic oxidation sites excluding steroid dienone is 1. The molecule has 0 saturated carbocycles. The highest BCUT2D eigenvalue weighted by molar-refractivity contribution is 5.89. The van der Waals surface area contributed by atoms with Gasteiger partial charge >= 0.3 is 0 Å². The van der Waals surface area contributed by atoms with E-state index in [9.17, 15) is 4.79 Å². The van der Waals surface area contributed by atoms with Crippen LogP contribution in [-0.2, 0) is 9.53 Å². The fraction of sp³-hybridized carbons (Fsp3) is 0.429. The molecule has 1 aromatic heterocycles. The average molecular weight is 247 g/mol. The molecule has 2 rings (SSSR count). The van der Waals surface area contributed by atoms with E-state index < -0.39 is 0 Å². The van der Waals surface area contributed by atoms with E-state index in [4.69, 9.17) is 9.47 Å². The molecule has 1 aliphatic heterocycles. The number of aromatic nitrogens is 1. The molecule has 0 radical (unpaired) electrons. The van der Waals surface area contributed by atoms with Gasteiger partial charge in [0.2, 0.25) is 5.88 Å². The molecule has 1 aromatic rings. The van der Waals surface area contributed by atoms with Crippen molar-refractivity contribution in [2.45, 2.75) is 18.9 Å². The Kier molecular flexibility index (Phi) is 4.10. The lowest BCUT2D eigenvalue weighted by Crippen LogP contribution is -2.11. The molecule has 0 bridgehead atoms. The minimum atomic E-state index is -0.0488. The third-order valence-electron chi connectivity index (χ3n) is 3.20. The van der Waals surface area contributed by atoms with Crippen molar-refractivity contribution in [1.82, 2.24) is 4.98 Å². The number of ketones is 1. The van der Waals surface area contributed by atoms with Crippen LogP contribution in [0.2, 0.25) is 0 Å². The second-order valence-corrected chi connectivity index (χ2v) is 4.35. The molecule has 18 heavy (non-hydrogen) atoms. The van der Waals surface area contributed by atoms with Gasteiger partial charge in [-0.25, -0.2) is 4.98 Å². The summed E-state index contributed by atoms with van der Waals surface area (Å²) in [6.45, 7) is 4.19. The van der Waals surface area contributed by atoms with Crippen LogP contribution in [0, 0.1) is 5.92 Å². The number of hydrogen-bond acceptors (Lipinski definition) is 4. The minimum absolute atomic E-state index is 0.0488. The molecule has 0 unspecified atom stereocenters. The van der Waals surface area contributed by atoms with Crippen LogP contribution in [0.15, 0.2) is 31.0 Å². The summed E-state index contributed by atoms with van der Waals surface area (Å²) in [6, 6.07) is 3.75. The van der Waals surface area contributed by atoms with Crippen molar-refractivity contribution in [3.8, 4) is 5.88 Å². The number of hydrogen-bond donors (Lipinski definition) is 0. The SMILES string of the molecule is C=CC(=O)C[C@@H]1CCO[C@H]1c1ccc(OC)nc1. The van der Waals surface area contributed by atoms with E-state index in [0.29, 0.717) is 18.9 Å². The van der Waals surface area contributed by atoms with Gasteiger partial charge in [0.1, 0.15) is 0 Å². The average Bonchev–Trinajstić information content (AvgIpc) is 2.86. The largest absolute Gasteiger partial charge is 0.481 e. The minimum Gasteiger partial charge on any atom is -0.481 e. The smallest absolute Gasteiger partial charge is 0.212 e. The van der Waals surface area contributed by atoms with Crippen LogP contribution in [0.5, 0.6) is 5.88 Å². The molecule has 96 valence electrons. The highest BCUT2D eigenvalue weighted by Gasteiger charge is 2.30. The maximum atomic E-state index is 11.4. The first kappa shape index (κ1) is 12.8. The lowest BCUT2D eigenvalue weighted by Gasteiger charge is -2.17. The van der Waals surface area contributed by atoms with Crippen LogP contribution >= 0.6 is 0 Å². The lowest BCUT2D eigenvalue weighted by atomic mass is 9.91. The Balaban J connectivity index is 2.10. The molecule has 0 amide bonds. The van der Waals surface area contributed by atoms with Crippen LogP contribution < -0.4 is 4.74 Å². The summed E-state index contributed by atoms with van der Waals surface area (Å²) in [5, 5.41) is 0. The van der Waals surface area contributed by atoms with E-state index in [1.807, 2.05) is 12.1 Å². The van der Waals surface area contributed by atoms with Crippen LogP contribution in [0.4, 0.5) is 0 Å². The van der Waals surface area contributed by atoms with Crippen LogP contribution in [0.25, 0.3) is 0 Å². The third kappa shape index (κ3) is 2.76. The van der Waals surface area contributed by atoms with Crippen LogP contribution in [0.1, 0.15) is 24.5 Å². The van der Waals surface area contributed by atoms with Gasteiger partial charge in [0.05, 0.1) is 13.2 Å². The normalized spacial score (nSPS) is 22.7. The summed E-state index contributed by atoms with van der Waals surface area (Å²) >= 11 is 0. The molecule has 2 heterocycles. The first-order valence-corrected chi connectivity index (χ1v) is 6.01. The molecule has 2 atom stereocenters. The first-order chi connectivity index (χ1) is 8.74. The molecule has 0 aromatic carbocycles. The van der Waals surface area contributed by atoms with Crippen molar-refractivity contribution >= 4 is 5.78 Å². The molecule has 1 saturated heterocycles. The Hall–Kier alpha value is -1.68. The monoisotopic (exact) mass is 247 g/mol. The Bertz CT molecular complexity index is 427. The van der Waals surface area contributed by atoms with Gasteiger partial charge in [0, 0.05) is 25.3 Å². The number of carbonyl (C=O) groups excluding carboxylic acids is 1. The van der Waals surface area contributed by atoms with E-state index in [1.165, 1.54) is 6.08 Å². The fourth-order valence-corrected chi connectivity index (χ4v) is 2.23. The summed E-state index contributed by atoms with van der Waals surface area (Å²) in [6.07, 6.45) is 4.46. The summed E-state index contributed by atoms with van der Waals surface area (Å²) in [5.41, 5.74) is 0.996. The van der Waals surface area contributed by atoms with Gasteiger partial charge in [-0.15, -0.1) is 0 Å². The van der Waals surface area contributed by atoms with Crippen molar-refractivity contribution in [2.24, 2.45) is 5.92 Å². The lowest BCUT2D eigenvalue weighted by molar-refractivity contribution is -0.115. The predicted molar refractivity (Wildman–Crippen MR) is 67.4 cm³/mol. The maximum Gasteiger partial charge on any atom is 0.212 e. The van der Waals surface area contributed by atoms with Crippen molar-refractivity contribution in [3.63, 3.8) is 0 Å². The van der Waals surface area contributed by atoms with E-state index in [-0.39, 0.29) is 17.8 Å². The highest BCUT2D eigenvalue weighted by Crippen LogP contribution is 2.36. The fourth-order valence-electron chi connectivity index (χ4n) is 2.23. The summed E-state index contributed by atoms with van der Waals surface area (Å²) in [7, 11) is 1.58. The zero-order chi connectivity index (χ0) is 13.0. The Morgan fingerprint density at radius 1 is 1.67 bits per heavy atom. The predicted octanol–water partition coefficient (Wildman–Crippen LogP) is 2.31. The molecular weight excluding hydrogens is 230 g/mol. The summed E-state index contributed by atoms with van der Waals surface area (Å²) in [4.78, 5) is 15.6. The van der Waals surface area contributed by atoms with Gasteiger partial charge in [0.25, 0.3) is 0 Å². The standard InChI is InChI=1S/C14H17NO3/c1-3-12(16)8-10-6-7-18-14(10)11-4-5-13(17-2)15-9-11/h3-5,9-10,14H,1,6-8H2,2H3/t10-,14+/m0/s1. The van der Waals surface area contributed by atoms with Crippen LogP contribution in [-0.4, -0.2) is 24.5 Å². The van der Waals surface area contributed by atoms with E-state index in [2.05, 4.69) is 11.6 Å². The number of nitrogens with zero attached hydrogens (tertiary/aromatic N) is 1. The topological polar surface area (TPSA) is 48.4 Å². The zero-order valence-electron chi connectivity index (χ0n) is 10.5. The molecular formula is C14H17NO3.